The van der Waals surface area contributed by atoms with E-state index in [-0.39, 0.29) is 41.6 Å². The molecule has 65 heavy (non-hydrogen) atoms. The van der Waals surface area contributed by atoms with Crippen LogP contribution in [0.2, 0.25) is 0 Å². The Morgan fingerprint density at radius 2 is 0.938 bits per heavy atom. The van der Waals surface area contributed by atoms with Crippen molar-refractivity contribution in [2.24, 2.45) is 5.92 Å². The third-order valence-electron chi connectivity index (χ3n) is 13.6. The Labute approximate surface area is 401 Å². The smallest absolute Gasteiger partial charge is 0.306 e. The Kier molecular flexibility index (Phi) is 40.0. The number of nitrogens with one attached hydrogen (secondary N) is 2. The molecular formula is C56H105N3O6. The molecule has 0 aromatic carbocycles. The van der Waals surface area contributed by atoms with Crippen molar-refractivity contribution in [3.8, 4) is 0 Å². The van der Waals surface area contributed by atoms with Crippen molar-refractivity contribution in [2.75, 3.05) is 33.2 Å². The minimum Gasteiger partial charge on any atom is -0.462 e. The Balaban J connectivity index is 2.54. The predicted octanol–water partition coefficient (Wildman–Crippen LogP) is 14.4. The van der Waals surface area contributed by atoms with E-state index in [0.29, 0.717) is 43.6 Å². The van der Waals surface area contributed by atoms with Crippen LogP contribution < -0.4 is 10.6 Å². The highest BCUT2D eigenvalue weighted by Crippen LogP contribution is 2.22. The fraction of sp³-hybridized carbons (Fsp3) is 0.893. The highest BCUT2D eigenvalue weighted by molar-refractivity contribution is 6.08. The third kappa shape index (κ3) is 32.8. The molecule has 0 radical (unpaired) electrons. The number of esters is 2. The van der Waals surface area contributed by atoms with Crippen LogP contribution in [0.3, 0.4) is 0 Å². The molecule has 0 aromatic heterocycles. The SMILES string of the molecule is CCCCCCCCC(CC)OC(=O)CCCCCCCN(CCCCCCCC(=O)OC(CCCCCCCC)CCCCCCCC)CCCNC1=C(NC)C(=O)C(C)CCC1=O. The molecule has 0 bridgehead atoms. The zero-order valence-electron chi connectivity index (χ0n) is 43.6. The van der Waals surface area contributed by atoms with Gasteiger partial charge in [-0.05, 0) is 103 Å². The van der Waals surface area contributed by atoms with Crippen molar-refractivity contribution in [3.63, 3.8) is 0 Å². The first kappa shape index (κ1) is 60.6. The lowest BCUT2D eigenvalue weighted by molar-refractivity contribution is -0.150. The average Bonchev–Trinajstić information content (AvgIpc) is 3.40. The van der Waals surface area contributed by atoms with E-state index < -0.39 is 0 Å². The van der Waals surface area contributed by atoms with Gasteiger partial charge in [0.2, 0.25) is 0 Å². The minimum absolute atomic E-state index is 0.00218. The van der Waals surface area contributed by atoms with Gasteiger partial charge in [-0.15, -0.1) is 0 Å². The lowest BCUT2D eigenvalue weighted by atomic mass is 10.0. The summed E-state index contributed by atoms with van der Waals surface area (Å²) < 4.78 is 11.9. The number of unbranched alkanes of at least 4 members (excludes halogenated alkanes) is 23. The second-order valence-corrected chi connectivity index (χ2v) is 19.7. The van der Waals surface area contributed by atoms with Gasteiger partial charge in [0, 0.05) is 38.8 Å². The molecule has 0 aliphatic heterocycles. The van der Waals surface area contributed by atoms with Gasteiger partial charge in [0.15, 0.2) is 11.6 Å². The van der Waals surface area contributed by atoms with E-state index in [1.807, 2.05) is 6.92 Å². The maximum absolute atomic E-state index is 12.9. The monoisotopic (exact) mass is 916 g/mol. The summed E-state index contributed by atoms with van der Waals surface area (Å²) in [6, 6.07) is 0. The lowest BCUT2D eigenvalue weighted by Gasteiger charge is -2.23. The van der Waals surface area contributed by atoms with Crippen LogP contribution in [0.4, 0.5) is 0 Å². The molecule has 1 aliphatic rings. The van der Waals surface area contributed by atoms with Crippen LogP contribution in [0.1, 0.15) is 272 Å². The molecule has 0 heterocycles. The topological polar surface area (TPSA) is 114 Å². The van der Waals surface area contributed by atoms with Crippen LogP contribution in [-0.2, 0) is 28.7 Å². The molecule has 1 aliphatic carbocycles. The minimum atomic E-state index is -0.154. The van der Waals surface area contributed by atoms with Crippen LogP contribution in [0.25, 0.3) is 0 Å². The Morgan fingerprint density at radius 3 is 1.40 bits per heavy atom. The summed E-state index contributed by atoms with van der Waals surface area (Å²) >= 11 is 0. The number of hydrogen-bond donors (Lipinski definition) is 2. The molecule has 0 aromatic rings. The second-order valence-electron chi connectivity index (χ2n) is 19.7. The van der Waals surface area contributed by atoms with Crippen LogP contribution in [0, 0.1) is 5.92 Å². The van der Waals surface area contributed by atoms with Gasteiger partial charge >= 0.3 is 11.9 Å². The van der Waals surface area contributed by atoms with Crippen molar-refractivity contribution >= 4 is 23.5 Å². The number of carbonyl (C=O) groups excluding carboxylic acids is 4. The van der Waals surface area contributed by atoms with E-state index in [0.717, 1.165) is 135 Å². The van der Waals surface area contributed by atoms with Gasteiger partial charge in [0.25, 0.3) is 0 Å². The van der Waals surface area contributed by atoms with Gasteiger partial charge in [-0.2, -0.15) is 0 Å². The van der Waals surface area contributed by atoms with Gasteiger partial charge in [-0.25, -0.2) is 0 Å². The Morgan fingerprint density at radius 1 is 0.538 bits per heavy atom. The van der Waals surface area contributed by atoms with E-state index in [1.54, 1.807) is 7.05 Å². The molecule has 380 valence electrons. The van der Waals surface area contributed by atoms with Crippen molar-refractivity contribution in [1.29, 1.82) is 0 Å². The molecule has 2 N–H and O–H groups in total. The van der Waals surface area contributed by atoms with Crippen LogP contribution in [0.5, 0.6) is 0 Å². The largest absolute Gasteiger partial charge is 0.462 e. The van der Waals surface area contributed by atoms with Gasteiger partial charge in [-0.1, -0.05) is 169 Å². The number of ketones is 2. The quantitative estimate of drug-likeness (QED) is 0.0455. The molecule has 2 atom stereocenters. The average molecular weight is 916 g/mol. The number of nitrogens with zero attached hydrogens (tertiary/aromatic N) is 1. The summed E-state index contributed by atoms with van der Waals surface area (Å²) in [5, 5.41) is 6.36. The third-order valence-corrected chi connectivity index (χ3v) is 13.6. The number of hydrogen-bond acceptors (Lipinski definition) is 9. The zero-order chi connectivity index (χ0) is 47.6. The molecule has 0 saturated carbocycles. The van der Waals surface area contributed by atoms with E-state index in [9.17, 15) is 19.2 Å². The van der Waals surface area contributed by atoms with Crippen molar-refractivity contribution in [1.82, 2.24) is 15.5 Å². The molecule has 2 unspecified atom stereocenters. The molecule has 1 rings (SSSR count). The molecule has 0 spiro atoms. The number of likely N-dealkylation sites (N-methyl/N-ethyl adjacent to an activating group) is 1. The molecule has 0 amide bonds. The van der Waals surface area contributed by atoms with Crippen molar-refractivity contribution < 1.29 is 28.7 Å². The molecule has 9 heteroatoms. The summed E-state index contributed by atoms with van der Waals surface area (Å²) in [4.78, 5) is 53.9. The maximum atomic E-state index is 12.9. The number of carbonyl (C=O) groups is 4. The Hall–Kier alpha value is -2.42. The van der Waals surface area contributed by atoms with Gasteiger partial charge in [-0.3, -0.25) is 19.2 Å². The summed E-state index contributed by atoms with van der Waals surface area (Å²) in [5.41, 5.74) is 0.883. The van der Waals surface area contributed by atoms with E-state index in [1.165, 1.54) is 96.3 Å². The first-order valence-corrected chi connectivity index (χ1v) is 28.0. The number of allylic oxidation sites excluding steroid dienone is 2. The molecule has 0 fully saturated rings. The predicted molar refractivity (Wildman–Crippen MR) is 273 cm³/mol. The normalized spacial score (nSPS) is 14.9. The van der Waals surface area contributed by atoms with Crippen LogP contribution >= 0.6 is 0 Å². The molecule has 0 saturated heterocycles. The lowest BCUT2D eigenvalue weighted by Crippen LogP contribution is -2.32. The van der Waals surface area contributed by atoms with Crippen LogP contribution in [0.15, 0.2) is 11.4 Å². The van der Waals surface area contributed by atoms with Gasteiger partial charge in [0.1, 0.15) is 23.6 Å². The molecule has 9 nitrogen and oxygen atoms in total. The fourth-order valence-corrected chi connectivity index (χ4v) is 9.22. The Bertz CT molecular complexity index is 1210. The van der Waals surface area contributed by atoms with E-state index in [2.05, 4.69) is 43.2 Å². The summed E-state index contributed by atoms with van der Waals surface area (Å²) in [7, 11) is 1.73. The molecular weight excluding hydrogens is 811 g/mol. The summed E-state index contributed by atoms with van der Waals surface area (Å²) in [5.74, 6) is -0.154. The zero-order valence-corrected chi connectivity index (χ0v) is 43.6. The van der Waals surface area contributed by atoms with E-state index >= 15 is 0 Å². The number of ether oxygens (including phenoxy) is 2. The highest BCUT2D eigenvalue weighted by Gasteiger charge is 2.28. The first-order valence-electron chi connectivity index (χ1n) is 28.0. The van der Waals surface area contributed by atoms with Crippen LogP contribution in [-0.4, -0.2) is 73.8 Å². The fourth-order valence-electron chi connectivity index (χ4n) is 9.22. The summed E-state index contributed by atoms with van der Waals surface area (Å²) in [6.07, 6.45) is 40.4. The van der Waals surface area contributed by atoms with Crippen molar-refractivity contribution in [2.45, 2.75) is 284 Å². The van der Waals surface area contributed by atoms with Crippen molar-refractivity contribution in [3.05, 3.63) is 11.4 Å². The number of rotatable bonds is 46. The second kappa shape index (κ2) is 42.9. The standard InChI is InChI=1S/C56H105N3O6/c1-7-11-14-17-22-29-37-49(10-4)64-52(61)40-32-25-20-27-34-45-59(47-36-44-58-54-51(60)43-42-48(5)56(63)55(54)57-6)46-35-28-21-26-33-41-53(62)65-50(38-30-23-18-15-12-8-2)39-31-24-19-16-13-9-3/h48-50,57-58H,7-47H2,1-6H3. The van der Waals surface area contributed by atoms with Gasteiger partial charge < -0.3 is 25.0 Å². The van der Waals surface area contributed by atoms with Gasteiger partial charge in [0.05, 0.1) is 0 Å². The summed E-state index contributed by atoms with van der Waals surface area (Å²) in [6.45, 7) is 14.4. The highest BCUT2D eigenvalue weighted by atomic mass is 16.5. The number of Topliss-reactive ketones (excluding diaryl/α,β-unsaturated/α-hetero) is 2. The first-order chi connectivity index (χ1) is 31.7. The van der Waals surface area contributed by atoms with E-state index in [4.69, 9.17) is 9.47 Å². The maximum Gasteiger partial charge on any atom is 0.306 e.